The SMILES string of the molecule is CC(=CCl)CNCC1CCC(C)C1. The third-order valence-corrected chi connectivity index (χ3v) is 3.20. The second-order valence-electron chi connectivity index (χ2n) is 4.37. The quantitative estimate of drug-likeness (QED) is 0.737. The summed E-state index contributed by atoms with van der Waals surface area (Å²) in [6, 6.07) is 0. The van der Waals surface area contributed by atoms with Crippen LogP contribution in [0.15, 0.2) is 11.1 Å². The van der Waals surface area contributed by atoms with Crippen LogP contribution in [0.25, 0.3) is 0 Å². The van der Waals surface area contributed by atoms with Gasteiger partial charge in [-0.2, -0.15) is 0 Å². The van der Waals surface area contributed by atoms with Crippen LogP contribution in [0.4, 0.5) is 0 Å². The molecule has 1 saturated carbocycles. The molecule has 0 aliphatic heterocycles. The third-order valence-electron chi connectivity index (χ3n) is 2.83. The van der Waals surface area contributed by atoms with Gasteiger partial charge in [0.25, 0.3) is 0 Å². The lowest BCUT2D eigenvalue weighted by atomic mass is 10.1. The van der Waals surface area contributed by atoms with Crippen LogP contribution < -0.4 is 5.32 Å². The number of nitrogens with one attached hydrogen (secondary N) is 1. The minimum atomic E-state index is 0.901. The van der Waals surface area contributed by atoms with Crippen LogP contribution in [0, 0.1) is 11.8 Å². The first kappa shape index (κ1) is 11.1. The molecule has 2 heteroatoms. The number of hydrogen-bond donors (Lipinski definition) is 1. The van der Waals surface area contributed by atoms with E-state index < -0.39 is 0 Å². The Morgan fingerprint density at radius 1 is 1.54 bits per heavy atom. The molecule has 0 amide bonds. The van der Waals surface area contributed by atoms with Gasteiger partial charge in [-0.25, -0.2) is 0 Å². The fourth-order valence-electron chi connectivity index (χ4n) is 2.02. The molecule has 2 atom stereocenters. The van der Waals surface area contributed by atoms with Crippen LogP contribution in [0.2, 0.25) is 0 Å². The van der Waals surface area contributed by atoms with E-state index in [9.17, 15) is 0 Å². The molecule has 2 unspecified atom stereocenters. The van der Waals surface area contributed by atoms with E-state index in [-0.39, 0.29) is 0 Å². The van der Waals surface area contributed by atoms with Gasteiger partial charge in [0.05, 0.1) is 0 Å². The minimum Gasteiger partial charge on any atom is -0.313 e. The standard InChI is InChI=1S/C11H20ClN/c1-9-3-4-11(5-9)8-13-7-10(2)6-12/h6,9,11,13H,3-5,7-8H2,1-2H3. The van der Waals surface area contributed by atoms with Crippen LogP contribution in [0.1, 0.15) is 33.1 Å². The van der Waals surface area contributed by atoms with Gasteiger partial charge in [-0.1, -0.05) is 24.9 Å². The molecule has 1 aliphatic carbocycles. The fraction of sp³-hybridized carbons (Fsp3) is 0.818. The van der Waals surface area contributed by atoms with Crippen molar-refractivity contribution in [2.24, 2.45) is 11.8 Å². The van der Waals surface area contributed by atoms with E-state index in [2.05, 4.69) is 19.2 Å². The molecule has 0 aromatic carbocycles. The normalized spacial score (nSPS) is 29.6. The Morgan fingerprint density at radius 3 is 2.85 bits per heavy atom. The first-order valence-corrected chi connectivity index (χ1v) is 5.62. The molecule has 1 aliphatic rings. The van der Waals surface area contributed by atoms with E-state index in [4.69, 9.17) is 11.6 Å². The number of hydrogen-bond acceptors (Lipinski definition) is 1. The summed E-state index contributed by atoms with van der Waals surface area (Å²) in [5, 5.41) is 3.45. The molecule has 0 saturated heterocycles. The number of rotatable bonds is 4. The highest BCUT2D eigenvalue weighted by Gasteiger charge is 2.20. The monoisotopic (exact) mass is 201 g/mol. The van der Waals surface area contributed by atoms with Crippen molar-refractivity contribution in [1.29, 1.82) is 0 Å². The van der Waals surface area contributed by atoms with E-state index in [0.717, 1.165) is 24.9 Å². The van der Waals surface area contributed by atoms with Gasteiger partial charge in [0.15, 0.2) is 0 Å². The predicted molar refractivity (Wildman–Crippen MR) is 59.0 cm³/mol. The van der Waals surface area contributed by atoms with Crippen LogP contribution in [0.5, 0.6) is 0 Å². The summed E-state index contributed by atoms with van der Waals surface area (Å²) in [4.78, 5) is 0. The molecule has 0 spiro atoms. The molecule has 0 aromatic rings. The smallest absolute Gasteiger partial charge is 0.0173 e. The first-order valence-electron chi connectivity index (χ1n) is 5.19. The van der Waals surface area contributed by atoms with Gasteiger partial charge in [-0.3, -0.25) is 0 Å². The predicted octanol–water partition coefficient (Wildman–Crippen LogP) is 3.15. The molecular weight excluding hydrogens is 182 g/mol. The van der Waals surface area contributed by atoms with Gasteiger partial charge in [0, 0.05) is 12.1 Å². The Labute approximate surface area is 86.5 Å². The average molecular weight is 202 g/mol. The molecule has 1 fully saturated rings. The second kappa shape index (κ2) is 5.66. The summed E-state index contributed by atoms with van der Waals surface area (Å²) >= 11 is 5.57. The molecular formula is C11H20ClN. The maximum Gasteiger partial charge on any atom is 0.0173 e. The van der Waals surface area contributed by atoms with Gasteiger partial charge in [-0.15, -0.1) is 0 Å². The summed E-state index contributed by atoms with van der Waals surface area (Å²) in [5.41, 5.74) is 2.87. The lowest BCUT2D eigenvalue weighted by molar-refractivity contribution is 0.481. The highest BCUT2D eigenvalue weighted by molar-refractivity contribution is 6.25. The van der Waals surface area contributed by atoms with Gasteiger partial charge < -0.3 is 5.32 Å². The zero-order valence-corrected chi connectivity index (χ0v) is 9.40. The van der Waals surface area contributed by atoms with Crippen LogP contribution in [-0.4, -0.2) is 13.1 Å². The van der Waals surface area contributed by atoms with E-state index in [0.29, 0.717) is 0 Å². The Hall–Kier alpha value is -0.0100. The van der Waals surface area contributed by atoms with Crippen LogP contribution in [-0.2, 0) is 0 Å². The van der Waals surface area contributed by atoms with Gasteiger partial charge in [0.1, 0.15) is 0 Å². The fourth-order valence-corrected chi connectivity index (χ4v) is 2.10. The van der Waals surface area contributed by atoms with Gasteiger partial charge in [0.2, 0.25) is 0 Å². The highest BCUT2D eigenvalue weighted by atomic mass is 35.5. The molecule has 76 valence electrons. The lowest BCUT2D eigenvalue weighted by Crippen LogP contribution is -2.22. The van der Waals surface area contributed by atoms with Crippen molar-refractivity contribution >= 4 is 11.6 Å². The Bertz CT molecular complexity index is 177. The zero-order valence-electron chi connectivity index (χ0n) is 8.65. The topological polar surface area (TPSA) is 12.0 Å². The molecule has 0 radical (unpaired) electrons. The summed E-state index contributed by atoms with van der Waals surface area (Å²) in [6.45, 7) is 6.50. The number of halogens is 1. The van der Waals surface area contributed by atoms with Crippen molar-refractivity contribution in [2.45, 2.75) is 33.1 Å². The van der Waals surface area contributed by atoms with Crippen molar-refractivity contribution < 1.29 is 0 Å². The molecule has 0 bridgehead atoms. The summed E-state index contributed by atoms with van der Waals surface area (Å²) in [5.74, 6) is 1.84. The van der Waals surface area contributed by atoms with E-state index >= 15 is 0 Å². The Kier molecular flexibility index (Phi) is 4.82. The Morgan fingerprint density at radius 2 is 2.31 bits per heavy atom. The Balaban J connectivity index is 2.06. The molecule has 1 rings (SSSR count). The third kappa shape index (κ3) is 4.15. The van der Waals surface area contributed by atoms with Crippen molar-refractivity contribution in [2.75, 3.05) is 13.1 Å². The van der Waals surface area contributed by atoms with Crippen molar-refractivity contribution in [3.63, 3.8) is 0 Å². The van der Waals surface area contributed by atoms with Gasteiger partial charge in [-0.05, 0) is 43.7 Å². The maximum atomic E-state index is 5.57. The minimum absolute atomic E-state index is 0.901. The van der Waals surface area contributed by atoms with Crippen LogP contribution in [0.3, 0.4) is 0 Å². The average Bonchev–Trinajstić information content (AvgIpc) is 2.51. The first-order chi connectivity index (χ1) is 6.22. The van der Waals surface area contributed by atoms with E-state index in [1.54, 1.807) is 5.54 Å². The molecule has 0 heterocycles. The van der Waals surface area contributed by atoms with Crippen molar-refractivity contribution in [3.8, 4) is 0 Å². The molecule has 1 N–H and O–H groups in total. The second-order valence-corrected chi connectivity index (χ2v) is 4.59. The molecule has 0 aromatic heterocycles. The highest BCUT2D eigenvalue weighted by Crippen LogP contribution is 2.29. The van der Waals surface area contributed by atoms with Crippen molar-refractivity contribution in [1.82, 2.24) is 5.32 Å². The van der Waals surface area contributed by atoms with E-state index in [1.165, 1.54) is 24.8 Å². The van der Waals surface area contributed by atoms with Crippen molar-refractivity contribution in [3.05, 3.63) is 11.1 Å². The largest absolute Gasteiger partial charge is 0.313 e. The lowest BCUT2D eigenvalue weighted by Gasteiger charge is -2.10. The summed E-state index contributed by atoms with van der Waals surface area (Å²) < 4.78 is 0. The van der Waals surface area contributed by atoms with E-state index in [1.807, 2.05) is 0 Å². The molecule has 13 heavy (non-hydrogen) atoms. The zero-order chi connectivity index (χ0) is 9.68. The molecule has 1 nitrogen and oxygen atoms in total. The summed E-state index contributed by atoms with van der Waals surface area (Å²) in [7, 11) is 0. The maximum absolute atomic E-state index is 5.57. The van der Waals surface area contributed by atoms with Crippen LogP contribution >= 0.6 is 11.6 Å². The van der Waals surface area contributed by atoms with Gasteiger partial charge >= 0.3 is 0 Å². The summed E-state index contributed by atoms with van der Waals surface area (Å²) in [6.07, 6.45) is 4.21.